The Bertz CT molecular complexity index is 741. The maximum absolute atomic E-state index is 12.7. The molecule has 2 heterocycles. The average molecular weight is 367 g/mol. The molecule has 0 unspecified atom stereocenters. The van der Waals surface area contributed by atoms with Gasteiger partial charge in [-0.1, -0.05) is 25.7 Å². The van der Waals surface area contributed by atoms with E-state index < -0.39 is 0 Å². The number of aryl methyl sites for hydroxylation is 1. The number of carbonyl (C=O) groups is 1. The van der Waals surface area contributed by atoms with Gasteiger partial charge in [-0.25, -0.2) is 9.97 Å². The molecule has 0 aliphatic heterocycles. The first-order valence-corrected chi connectivity index (χ1v) is 9.88. The highest BCUT2D eigenvalue weighted by Gasteiger charge is 2.18. The van der Waals surface area contributed by atoms with Crippen molar-refractivity contribution in [2.24, 2.45) is 0 Å². The van der Waals surface area contributed by atoms with Crippen LogP contribution in [0.2, 0.25) is 0 Å². The number of likely N-dealkylation sites (N-methyl/N-ethyl adjacent to an activating group) is 1. The lowest BCUT2D eigenvalue weighted by Crippen LogP contribution is -2.35. The molecule has 1 amide bonds. The van der Waals surface area contributed by atoms with Crippen LogP contribution in [-0.4, -0.2) is 40.5 Å². The molecule has 0 atom stereocenters. The van der Waals surface area contributed by atoms with Crippen LogP contribution in [0.1, 0.15) is 60.4 Å². The van der Waals surface area contributed by atoms with Gasteiger partial charge in [0.1, 0.15) is 17.3 Å². The molecule has 2 aromatic rings. The van der Waals surface area contributed by atoms with Crippen LogP contribution in [-0.2, 0) is 6.42 Å². The van der Waals surface area contributed by atoms with E-state index in [1.165, 1.54) is 31.2 Å². The molecule has 0 saturated heterocycles. The Labute approximate surface area is 161 Å². The lowest BCUT2D eigenvalue weighted by Gasteiger charge is -2.20. The van der Waals surface area contributed by atoms with E-state index in [1.807, 2.05) is 26.1 Å². The highest BCUT2D eigenvalue weighted by Crippen LogP contribution is 2.18. The molecule has 3 rings (SSSR count). The first-order chi connectivity index (χ1) is 13.1. The summed E-state index contributed by atoms with van der Waals surface area (Å²) in [4.78, 5) is 27.7. The molecule has 0 aromatic carbocycles. The SMILES string of the molecule is Cc1nc(C(=O)NC2CCCCCC2)cc(N(C)CCc2ccncc2)n1. The summed E-state index contributed by atoms with van der Waals surface area (Å²) in [6.07, 6.45) is 11.6. The molecule has 6 nitrogen and oxygen atoms in total. The monoisotopic (exact) mass is 367 g/mol. The van der Waals surface area contributed by atoms with E-state index in [2.05, 4.69) is 25.2 Å². The van der Waals surface area contributed by atoms with Gasteiger partial charge in [-0.2, -0.15) is 0 Å². The van der Waals surface area contributed by atoms with E-state index in [0.717, 1.165) is 31.6 Å². The number of anilines is 1. The molecular weight excluding hydrogens is 338 g/mol. The molecule has 1 aliphatic carbocycles. The van der Waals surface area contributed by atoms with Gasteiger partial charge in [0.2, 0.25) is 0 Å². The van der Waals surface area contributed by atoms with E-state index in [9.17, 15) is 4.79 Å². The molecule has 27 heavy (non-hydrogen) atoms. The topological polar surface area (TPSA) is 71.0 Å². The van der Waals surface area contributed by atoms with E-state index in [1.54, 1.807) is 18.5 Å². The summed E-state index contributed by atoms with van der Waals surface area (Å²) >= 11 is 0. The minimum atomic E-state index is -0.0869. The van der Waals surface area contributed by atoms with Crippen molar-refractivity contribution >= 4 is 11.7 Å². The van der Waals surface area contributed by atoms with Crippen molar-refractivity contribution in [1.82, 2.24) is 20.3 Å². The average Bonchev–Trinajstić information content (AvgIpc) is 2.95. The Kier molecular flexibility index (Phi) is 6.74. The Morgan fingerprint density at radius 1 is 1.15 bits per heavy atom. The van der Waals surface area contributed by atoms with Crippen LogP contribution in [0.15, 0.2) is 30.6 Å². The summed E-state index contributed by atoms with van der Waals surface area (Å²) in [6.45, 7) is 2.65. The summed E-state index contributed by atoms with van der Waals surface area (Å²) in [5.74, 6) is 1.31. The highest BCUT2D eigenvalue weighted by atomic mass is 16.1. The van der Waals surface area contributed by atoms with Crippen LogP contribution in [0.3, 0.4) is 0 Å². The second kappa shape index (κ2) is 9.44. The summed E-state index contributed by atoms with van der Waals surface area (Å²) in [5.41, 5.74) is 1.69. The fraction of sp³-hybridized carbons (Fsp3) is 0.524. The molecule has 1 fully saturated rings. The second-order valence-electron chi connectivity index (χ2n) is 7.35. The number of nitrogens with one attached hydrogen (secondary N) is 1. The van der Waals surface area contributed by atoms with Gasteiger partial charge in [-0.3, -0.25) is 9.78 Å². The number of hydrogen-bond donors (Lipinski definition) is 1. The predicted octanol–water partition coefficient (Wildman–Crippen LogP) is 3.31. The number of nitrogens with zero attached hydrogens (tertiary/aromatic N) is 4. The van der Waals surface area contributed by atoms with Gasteiger partial charge in [0, 0.05) is 38.1 Å². The van der Waals surface area contributed by atoms with Gasteiger partial charge in [-0.05, 0) is 43.9 Å². The summed E-state index contributed by atoms with van der Waals surface area (Å²) in [6, 6.07) is 6.10. The Morgan fingerprint density at radius 3 is 2.56 bits per heavy atom. The van der Waals surface area contributed by atoms with Crippen molar-refractivity contribution in [2.75, 3.05) is 18.5 Å². The molecule has 0 bridgehead atoms. The summed E-state index contributed by atoms with van der Waals surface area (Å²) < 4.78 is 0. The predicted molar refractivity (Wildman–Crippen MR) is 107 cm³/mol. The number of amides is 1. The lowest BCUT2D eigenvalue weighted by atomic mass is 10.1. The van der Waals surface area contributed by atoms with Gasteiger partial charge < -0.3 is 10.2 Å². The van der Waals surface area contributed by atoms with Crippen LogP contribution in [0.25, 0.3) is 0 Å². The zero-order valence-corrected chi connectivity index (χ0v) is 16.3. The van der Waals surface area contributed by atoms with Crippen molar-refractivity contribution in [1.29, 1.82) is 0 Å². The fourth-order valence-electron chi connectivity index (χ4n) is 3.51. The Morgan fingerprint density at radius 2 is 1.85 bits per heavy atom. The van der Waals surface area contributed by atoms with E-state index >= 15 is 0 Å². The van der Waals surface area contributed by atoms with Crippen LogP contribution in [0, 0.1) is 6.92 Å². The van der Waals surface area contributed by atoms with E-state index in [0.29, 0.717) is 11.5 Å². The zero-order valence-electron chi connectivity index (χ0n) is 16.3. The van der Waals surface area contributed by atoms with Crippen molar-refractivity contribution in [3.8, 4) is 0 Å². The fourth-order valence-corrected chi connectivity index (χ4v) is 3.51. The minimum absolute atomic E-state index is 0.0869. The largest absolute Gasteiger partial charge is 0.359 e. The highest BCUT2D eigenvalue weighted by molar-refractivity contribution is 5.93. The first-order valence-electron chi connectivity index (χ1n) is 9.88. The Balaban J connectivity index is 1.64. The maximum Gasteiger partial charge on any atom is 0.270 e. The van der Waals surface area contributed by atoms with Crippen LogP contribution in [0.5, 0.6) is 0 Å². The van der Waals surface area contributed by atoms with E-state index in [-0.39, 0.29) is 11.9 Å². The maximum atomic E-state index is 12.7. The van der Waals surface area contributed by atoms with E-state index in [4.69, 9.17) is 0 Å². The number of pyridine rings is 1. The van der Waals surface area contributed by atoms with Gasteiger partial charge >= 0.3 is 0 Å². The molecule has 1 aliphatic rings. The first kappa shape index (κ1) is 19.3. The molecule has 144 valence electrons. The third kappa shape index (κ3) is 5.74. The molecule has 1 saturated carbocycles. The lowest BCUT2D eigenvalue weighted by molar-refractivity contribution is 0.0928. The molecule has 0 radical (unpaired) electrons. The van der Waals surface area contributed by atoms with Crippen molar-refractivity contribution in [3.63, 3.8) is 0 Å². The van der Waals surface area contributed by atoms with Gasteiger partial charge in [-0.15, -0.1) is 0 Å². The number of aromatic nitrogens is 3. The Hall–Kier alpha value is -2.50. The quantitative estimate of drug-likeness (QED) is 0.793. The molecule has 0 spiro atoms. The van der Waals surface area contributed by atoms with Gasteiger partial charge in [0.25, 0.3) is 5.91 Å². The third-order valence-electron chi connectivity index (χ3n) is 5.12. The summed E-state index contributed by atoms with van der Waals surface area (Å²) in [7, 11) is 2.00. The zero-order chi connectivity index (χ0) is 19.1. The minimum Gasteiger partial charge on any atom is -0.359 e. The van der Waals surface area contributed by atoms with Crippen LogP contribution >= 0.6 is 0 Å². The molecular formula is C21H29N5O. The number of hydrogen-bond acceptors (Lipinski definition) is 5. The van der Waals surface area contributed by atoms with Gasteiger partial charge in [0.15, 0.2) is 0 Å². The smallest absolute Gasteiger partial charge is 0.270 e. The second-order valence-corrected chi connectivity index (χ2v) is 7.35. The normalized spacial score (nSPS) is 15.2. The van der Waals surface area contributed by atoms with Crippen molar-refractivity contribution in [2.45, 2.75) is 57.9 Å². The number of rotatable bonds is 6. The molecule has 2 aromatic heterocycles. The van der Waals surface area contributed by atoms with Crippen LogP contribution < -0.4 is 10.2 Å². The molecule has 1 N–H and O–H groups in total. The third-order valence-corrected chi connectivity index (χ3v) is 5.12. The summed E-state index contributed by atoms with van der Waals surface area (Å²) in [5, 5.41) is 3.17. The van der Waals surface area contributed by atoms with Gasteiger partial charge in [0.05, 0.1) is 0 Å². The van der Waals surface area contributed by atoms with Crippen LogP contribution in [0.4, 0.5) is 5.82 Å². The number of carbonyl (C=O) groups excluding carboxylic acids is 1. The standard InChI is InChI=1S/C21H29N5O/c1-16-23-19(21(27)25-18-7-5-3-4-6-8-18)15-20(24-16)26(2)14-11-17-9-12-22-13-10-17/h9-10,12-13,15,18H,3-8,11,14H2,1-2H3,(H,25,27). The van der Waals surface area contributed by atoms with Crippen molar-refractivity contribution < 1.29 is 4.79 Å². The van der Waals surface area contributed by atoms with Crippen molar-refractivity contribution in [3.05, 3.63) is 47.7 Å². The molecule has 6 heteroatoms.